The number of aryl methyl sites for hydroxylation is 1. The van der Waals surface area contributed by atoms with E-state index in [1.165, 1.54) is 11.1 Å². The van der Waals surface area contributed by atoms with E-state index in [2.05, 4.69) is 55.3 Å². The molecule has 0 atom stereocenters. The Morgan fingerprint density at radius 3 is 2.43 bits per heavy atom. The minimum absolute atomic E-state index is 0.0366. The average molecular weight is 661 g/mol. The highest BCUT2D eigenvalue weighted by Gasteiger charge is 2.35. The fourth-order valence-corrected chi connectivity index (χ4v) is 8.03. The van der Waals surface area contributed by atoms with Crippen LogP contribution in [0, 0.1) is 18.8 Å². The Kier molecular flexibility index (Phi) is 10.8. The van der Waals surface area contributed by atoms with Gasteiger partial charge < -0.3 is 19.5 Å². The number of alkyl carbamates (subject to hydrolysis) is 1. The summed E-state index contributed by atoms with van der Waals surface area (Å²) in [5, 5.41) is 3.95. The van der Waals surface area contributed by atoms with Crippen molar-refractivity contribution >= 4 is 29.2 Å². The number of amides is 2. The van der Waals surface area contributed by atoms with Gasteiger partial charge in [0.15, 0.2) is 0 Å². The number of nitrogens with zero attached hydrogens (tertiary/aromatic N) is 3. The Bertz CT molecular complexity index is 1520. The Morgan fingerprint density at radius 1 is 1.02 bits per heavy atom. The van der Waals surface area contributed by atoms with Gasteiger partial charge in [-0.25, -0.2) is 14.8 Å². The van der Waals surface area contributed by atoms with E-state index in [0.717, 1.165) is 46.9 Å². The minimum Gasteiger partial charge on any atom is -0.496 e. The summed E-state index contributed by atoms with van der Waals surface area (Å²) in [6.07, 6.45) is 10.3. The topological polar surface area (TPSA) is 103 Å². The van der Waals surface area contributed by atoms with Crippen LogP contribution >= 0.6 is 11.3 Å². The fraction of sp³-hybridized carbons (Fsp3) is 0.568. The zero-order chi connectivity index (χ0) is 32.9. The number of rotatable bonds is 10. The standard InChI is InChI=1S/C37H48N4O5S/c1-23(2)35-39-19-33(47-35)29-15-16-38-34(18-29)41(20-25-5-7-26(8-6-25)28-11-14-32(44-4)24(3)17-28)36(42)27-9-12-31(13-10-27)46-37(43)40-30-21-45-22-30/h11,14-19,23,25-27,30-31H,5-10,12-13,20-22H2,1-4H3,(H,40,43). The summed E-state index contributed by atoms with van der Waals surface area (Å²) in [6.45, 7) is 8.14. The second-order valence-corrected chi connectivity index (χ2v) is 14.8. The van der Waals surface area contributed by atoms with Crippen LogP contribution in [-0.4, -0.2) is 61.0 Å². The number of methoxy groups -OCH3 is 1. The third-order valence-electron chi connectivity index (χ3n) is 10.0. The Labute approximate surface area is 282 Å². The number of hydrogen-bond acceptors (Lipinski definition) is 8. The molecule has 3 aromatic rings. The summed E-state index contributed by atoms with van der Waals surface area (Å²) in [4.78, 5) is 39.1. The molecule has 2 saturated carbocycles. The summed E-state index contributed by atoms with van der Waals surface area (Å²) in [6, 6.07) is 10.7. The van der Waals surface area contributed by atoms with Gasteiger partial charge in [-0.3, -0.25) is 9.69 Å². The quantitative estimate of drug-likeness (QED) is 0.239. The third kappa shape index (κ3) is 8.15. The zero-order valence-corrected chi connectivity index (χ0v) is 28.9. The molecule has 1 aliphatic heterocycles. The lowest BCUT2D eigenvalue weighted by Gasteiger charge is -2.36. The number of benzene rings is 1. The van der Waals surface area contributed by atoms with Crippen LogP contribution in [-0.2, 0) is 14.3 Å². The summed E-state index contributed by atoms with van der Waals surface area (Å²) in [5.74, 6) is 2.92. The molecule has 1 N–H and O–H groups in total. The minimum atomic E-state index is -0.389. The number of anilines is 1. The lowest BCUT2D eigenvalue weighted by atomic mass is 9.78. The van der Waals surface area contributed by atoms with Crippen LogP contribution in [0.3, 0.4) is 0 Å². The van der Waals surface area contributed by atoms with Gasteiger partial charge >= 0.3 is 6.09 Å². The van der Waals surface area contributed by atoms with E-state index in [9.17, 15) is 9.59 Å². The number of ether oxygens (including phenoxy) is 3. The van der Waals surface area contributed by atoms with Crippen molar-refractivity contribution in [2.45, 2.75) is 96.1 Å². The molecule has 9 nitrogen and oxygen atoms in total. The van der Waals surface area contributed by atoms with Gasteiger partial charge in [-0.1, -0.05) is 26.0 Å². The third-order valence-corrected chi connectivity index (χ3v) is 11.4. The predicted octanol–water partition coefficient (Wildman–Crippen LogP) is 7.64. The largest absolute Gasteiger partial charge is 0.496 e. The van der Waals surface area contributed by atoms with Crippen molar-refractivity contribution in [3.05, 3.63) is 58.9 Å². The first kappa shape index (κ1) is 33.4. The van der Waals surface area contributed by atoms with Gasteiger partial charge in [0.2, 0.25) is 5.91 Å². The molecule has 252 valence electrons. The van der Waals surface area contributed by atoms with E-state index >= 15 is 0 Å². The molecule has 2 aliphatic carbocycles. The summed E-state index contributed by atoms with van der Waals surface area (Å²) in [5.41, 5.74) is 3.59. The number of aromatic nitrogens is 2. The van der Waals surface area contributed by atoms with Crippen LogP contribution < -0.4 is 15.0 Å². The number of nitrogens with one attached hydrogen (secondary N) is 1. The van der Waals surface area contributed by atoms with E-state index in [1.807, 2.05) is 23.4 Å². The van der Waals surface area contributed by atoms with E-state index < -0.39 is 0 Å². The van der Waals surface area contributed by atoms with Crippen molar-refractivity contribution in [3.63, 3.8) is 0 Å². The van der Waals surface area contributed by atoms with E-state index in [1.54, 1.807) is 18.4 Å². The first-order valence-electron chi connectivity index (χ1n) is 17.2. The average Bonchev–Trinajstić information content (AvgIpc) is 3.57. The molecular formula is C37H48N4O5S. The first-order chi connectivity index (χ1) is 22.8. The van der Waals surface area contributed by atoms with E-state index in [0.29, 0.717) is 69.0 Å². The highest BCUT2D eigenvalue weighted by Crippen LogP contribution is 2.39. The van der Waals surface area contributed by atoms with Gasteiger partial charge in [-0.15, -0.1) is 11.3 Å². The van der Waals surface area contributed by atoms with Crippen LogP contribution in [0.1, 0.15) is 93.2 Å². The van der Waals surface area contributed by atoms with Crippen LogP contribution in [0.2, 0.25) is 0 Å². The zero-order valence-electron chi connectivity index (χ0n) is 28.1. The number of thiazole rings is 1. The maximum atomic E-state index is 14.3. The van der Waals surface area contributed by atoms with Crippen molar-refractivity contribution in [1.29, 1.82) is 0 Å². The molecule has 1 saturated heterocycles. The smallest absolute Gasteiger partial charge is 0.407 e. The summed E-state index contributed by atoms with van der Waals surface area (Å²) >= 11 is 1.70. The second-order valence-electron chi connectivity index (χ2n) is 13.8. The lowest BCUT2D eigenvalue weighted by molar-refractivity contribution is -0.124. The molecule has 3 heterocycles. The number of carbonyl (C=O) groups is 2. The highest BCUT2D eigenvalue weighted by atomic mass is 32.1. The van der Waals surface area contributed by atoms with Crippen molar-refractivity contribution < 1.29 is 23.8 Å². The summed E-state index contributed by atoms with van der Waals surface area (Å²) < 4.78 is 16.3. The van der Waals surface area contributed by atoms with Crippen molar-refractivity contribution in [3.8, 4) is 16.2 Å². The van der Waals surface area contributed by atoms with Crippen LogP contribution in [0.15, 0.2) is 42.7 Å². The van der Waals surface area contributed by atoms with Crippen molar-refractivity contribution in [2.24, 2.45) is 11.8 Å². The van der Waals surface area contributed by atoms with Crippen LogP contribution in [0.5, 0.6) is 5.75 Å². The fourth-order valence-electron chi connectivity index (χ4n) is 7.11. The summed E-state index contributed by atoms with van der Waals surface area (Å²) in [7, 11) is 1.72. The molecule has 0 spiro atoms. The van der Waals surface area contributed by atoms with Gasteiger partial charge in [0, 0.05) is 30.8 Å². The van der Waals surface area contributed by atoms with Gasteiger partial charge in [0.1, 0.15) is 17.7 Å². The van der Waals surface area contributed by atoms with Crippen molar-refractivity contribution in [2.75, 3.05) is 31.8 Å². The molecule has 47 heavy (non-hydrogen) atoms. The molecular weight excluding hydrogens is 612 g/mol. The normalized spacial score (nSPS) is 23.2. The molecule has 0 radical (unpaired) electrons. The molecule has 2 aromatic heterocycles. The Morgan fingerprint density at radius 2 is 1.79 bits per heavy atom. The molecule has 0 unspecified atom stereocenters. The molecule has 2 amide bonds. The molecule has 3 aliphatic rings. The Balaban J connectivity index is 1.14. The van der Waals surface area contributed by atoms with Crippen LogP contribution in [0.25, 0.3) is 10.4 Å². The maximum Gasteiger partial charge on any atom is 0.407 e. The monoisotopic (exact) mass is 660 g/mol. The maximum absolute atomic E-state index is 14.3. The van der Waals surface area contributed by atoms with Gasteiger partial charge in [-0.2, -0.15) is 0 Å². The van der Waals surface area contributed by atoms with Crippen molar-refractivity contribution in [1.82, 2.24) is 15.3 Å². The van der Waals surface area contributed by atoms with E-state index in [4.69, 9.17) is 19.2 Å². The van der Waals surface area contributed by atoms with Crippen LogP contribution in [0.4, 0.5) is 10.6 Å². The lowest BCUT2D eigenvalue weighted by Crippen LogP contribution is -2.49. The predicted molar refractivity (Wildman–Crippen MR) is 184 cm³/mol. The molecule has 10 heteroatoms. The van der Waals surface area contributed by atoms with E-state index in [-0.39, 0.29) is 30.1 Å². The first-order valence-corrected chi connectivity index (χ1v) is 18.0. The molecule has 6 rings (SSSR count). The number of carbonyl (C=O) groups excluding carboxylic acids is 2. The molecule has 1 aromatic carbocycles. The Hall–Kier alpha value is -3.50. The number of pyridine rings is 1. The van der Waals surface area contributed by atoms with Gasteiger partial charge in [0.25, 0.3) is 0 Å². The SMILES string of the molecule is COc1ccc(C2CCC(CN(C(=O)C3CCC(OC(=O)NC4COC4)CC3)c3cc(-c4cnc(C(C)C)s4)ccn3)CC2)cc1C. The van der Waals surface area contributed by atoms with Gasteiger partial charge in [-0.05, 0) is 105 Å². The molecule has 0 bridgehead atoms. The number of hydrogen-bond donors (Lipinski definition) is 1. The highest BCUT2D eigenvalue weighted by molar-refractivity contribution is 7.15. The second kappa shape index (κ2) is 15.2. The molecule has 3 fully saturated rings. The van der Waals surface area contributed by atoms with Gasteiger partial charge in [0.05, 0.1) is 36.3 Å².